The van der Waals surface area contributed by atoms with Gasteiger partial charge in [-0.3, -0.25) is 4.79 Å². The fourth-order valence-corrected chi connectivity index (χ4v) is 3.41. The summed E-state index contributed by atoms with van der Waals surface area (Å²) in [7, 11) is 0. The Hall–Kier alpha value is -3.48. The Kier molecular flexibility index (Phi) is 4.66. The third-order valence-corrected chi connectivity index (χ3v) is 4.90. The van der Waals surface area contributed by atoms with E-state index < -0.39 is 0 Å². The number of carbonyl (C=O) groups excluding carboxylic acids is 1. The van der Waals surface area contributed by atoms with Crippen LogP contribution in [0.25, 0.3) is 22.4 Å². The molecule has 6 nitrogen and oxygen atoms in total. The van der Waals surface area contributed by atoms with Gasteiger partial charge in [0.1, 0.15) is 17.3 Å². The third-order valence-electron chi connectivity index (χ3n) is 4.90. The van der Waals surface area contributed by atoms with Gasteiger partial charge in [-0.1, -0.05) is 17.3 Å². The van der Waals surface area contributed by atoms with Gasteiger partial charge in [-0.25, -0.2) is 9.37 Å². The second kappa shape index (κ2) is 7.16. The molecule has 3 aromatic heterocycles. The Morgan fingerprint density at radius 2 is 1.86 bits per heavy atom. The van der Waals surface area contributed by atoms with Gasteiger partial charge in [-0.05, 0) is 57.5 Å². The van der Waals surface area contributed by atoms with Crippen LogP contribution in [-0.2, 0) is 0 Å². The molecule has 0 bridgehead atoms. The molecule has 1 N–H and O–H groups in total. The van der Waals surface area contributed by atoms with Crippen molar-refractivity contribution in [1.29, 1.82) is 0 Å². The monoisotopic (exact) mass is 393 g/mol. The Balaban J connectivity index is 1.75. The first-order valence-electron chi connectivity index (χ1n) is 9.24. The van der Waals surface area contributed by atoms with E-state index in [-0.39, 0.29) is 23.5 Å². The summed E-state index contributed by atoms with van der Waals surface area (Å²) in [6.07, 6.45) is 0. The van der Waals surface area contributed by atoms with Gasteiger partial charge < -0.3 is 14.3 Å². The molecule has 1 atom stereocenters. The number of aromatic nitrogens is 2. The molecule has 3 heterocycles. The summed E-state index contributed by atoms with van der Waals surface area (Å²) >= 11 is 0. The van der Waals surface area contributed by atoms with E-state index in [4.69, 9.17) is 8.94 Å². The first kappa shape index (κ1) is 18.9. The summed E-state index contributed by atoms with van der Waals surface area (Å²) in [5.74, 6) is 0.846. The smallest absolute Gasteiger partial charge is 0.259 e. The molecule has 0 aliphatic heterocycles. The number of carbonyl (C=O) groups is 1. The third kappa shape index (κ3) is 3.51. The van der Waals surface area contributed by atoms with Crippen molar-refractivity contribution in [1.82, 2.24) is 15.5 Å². The van der Waals surface area contributed by atoms with Crippen LogP contribution in [0.1, 0.15) is 46.1 Å². The van der Waals surface area contributed by atoms with E-state index in [2.05, 4.69) is 15.5 Å². The first-order chi connectivity index (χ1) is 13.8. The molecule has 1 unspecified atom stereocenters. The number of hydrogen-bond acceptors (Lipinski definition) is 5. The van der Waals surface area contributed by atoms with E-state index >= 15 is 0 Å². The molecule has 0 radical (unpaired) electrons. The molecule has 4 aromatic rings. The van der Waals surface area contributed by atoms with E-state index in [0.717, 1.165) is 16.9 Å². The molecular formula is C22H20FN3O3. The first-order valence-corrected chi connectivity index (χ1v) is 9.24. The average Bonchev–Trinajstić information content (AvgIpc) is 3.23. The maximum atomic E-state index is 13.2. The Bertz CT molecular complexity index is 1210. The highest BCUT2D eigenvalue weighted by Crippen LogP contribution is 2.30. The zero-order valence-corrected chi connectivity index (χ0v) is 16.5. The second-order valence-electron chi connectivity index (χ2n) is 7.08. The van der Waals surface area contributed by atoms with Crippen molar-refractivity contribution in [3.63, 3.8) is 0 Å². The zero-order valence-electron chi connectivity index (χ0n) is 16.5. The minimum atomic E-state index is -0.321. The molecule has 0 spiro atoms. The summed E-state index contributed by atoms with van der Waals surface area (Å²) in [6.45, 7) is 7.30. The van der Waals surface area contributed by atoms with Crippen molar-refractivity contribution < 1.29 is 18.1 Å². The van der Waals surface area contributed by atoms with Crippen molar-refractivity contribution in [2.24, 2.45) is 0 Å². The summed E-state index contributed by atoms with van der Waals surface area (Å²) < 4.78 is 24.1. The number of hydrogen-bond donors (Lipinski definition) is 1. The van der Waals surface area contributed by atoms with Crippen LogP contribution >= 0.6 is 0 Å². The quantitative estimate of drug-likeness (QED) is 0.525. The van der Waals surface area contributed by atoms with Crippen LogP contribution in [0.3, 0.4) is 0 Å². The average molecular weight is 393 g/mol. The number of fused-ring (bicyclic) bond motifs is 1. The highest BCUT2D eigenvalue weighted by Gasteiger charge is 2.22. The van der Waals surface area contributed by atoms with Crippen molar-refractivity contribution in [3.05, 3.63) is 70.6 Å². The Morgan fingerprint density at radius 1 is 1.14 bits per heavy atom. The SMILES string of the molecule is Cc1cc(-c2cc(C(=O)NC(C)c3ccc(F)cc3)c3c(C)noc3n2)c(C)o1. The standard InChI is InChI=1S/C22H20FN3O3/c1-11-9-17(14(4)28-11)19-10-18(20-13(3)26-29-22(20)25-19)21(27)24-12(2)15-5-7-16(23)8-6-15/h5-10,12H,1-4H3,(H,24,27). The van der Waals surface area contributed by atoms with E-state index in [9.17, 15) is 9.18 Å². The van der Waals surface area contributed by atoms with Gasteiger partial charge in [0.25, 0.3) is 11.6 Å². The number of halogens is 1. The highest BCUT2D eigenvalue weighted by atomic mass is 19.1. The normalized spacial score (nSPS) is 12.3. The van der Waals surface area contributed by atoms with Gasteiger partial charge >= 0.3 is 0 Å². The Morgan fingerprint density at radius 3 is 2.52 bits per heavy atom. The summed E-state index contributed by atoms with van der Waals surface area (Å²) in [5.41, 5.74) is 3.45. The Labute approximate surface area is 166 Å². The van der Waals surface area contributed by atoms with Crippen molar-refractivity contribution in [2.45, 2.75) is 33.7 Å². The minimum Gasteiger partial charge on any atom is -0.466 e. The lowest BCUT2D eigenvalue weighted by Crippen LogP contribution is -2.27. The van der Waals surface area contributed by atoms with E-state index in [0.29, 0.717) is 28.1 Å². The van der Waals surface area contributed by atoms with Crippen molar-refractivity contribution >= 4 is 17.0 Å². The van der Waals surface area contributed by atoms with E-state index in [1.165, 1.54) is 12.1 Å². The predicted octanol–water partition coefficient (Wildman–Crippen LogP) is 5.04. The fourth-order valence-electron chi connectivity index (χ4n) is 3.41. The van der Waals surface area contributed by atoms with Gasteiger partial charge in [0.15, 0.2) is 0 Å². The van der Waals surface area contributed by atoms with Crippen LogP contribution in [-0.4, -0.2) is 16.0 Å². The minimum absolute atomic E-state index is 0.290. The number of nitrogens with one attached hydrogen (secondary N) is 1. The van der Waals surface area contributed by atoms with Crippen LogP contribution in [0.15, 0.2) is 45.3 Å². The largest absolute Gasteiger partial charge is 0.466 e. The second-order valence-corrected chi connectivity index (χ2v) is 7.08. The van der Waals surface area contributed by atoms with Crippen LogP contribution in [0.4, 0.5) is 4.39 Å². The van der Waals surface area contributed by atoms with Gasteiger partial charge in [-0.15, -0.1) is 0 Å². The molecule has 7 heteroatoms. The van der Waals surface area contributed by atoms with Gasteiger partial charge in [0.05, 0.1) is 28.4 Å². The zero-order chi connectivity index (χ0) is 20.7. The molecule has 0 aliphatic rings. The molecular weight excluding hydrogens is 373 g/mol. The van der Waals surface area contributed by atoms with Gasteiger partial charge in [0.2, 0.25) is 0 Å². The summed E-state index contributed by atoms with van der Waals surface area (Å²) in [6, 6.07) is 9.31. The number of pyridine rings is 1. The highest BCUT2D eigenvalue weighted by molar-refractivity contribution is 6.07. The fraction of sp³-hybridized carbons (Fsp3) is 0.227. The molecule has 4 rings (SSSR count). The maximum absolute atomic E-state index is 13.2. The van der Waals surface area contributed by atoms with E-state index in [1.54, 1.807) is 25.1 Å². The number of amides is 1. The van der Waals surface area contributed by atoms with E-state index in [1.807, 2.05) is 26.8 Å². The van der Waals surface area contributed by atoms with Gasteiger partial charge in [-0.2, -0.15) is 0 Å². The lowest BCUT2D eigenvalue weighted by Gasteiger charge is -2.15. The number of rotatable bonds is 4. The van der Waals surface area contributed by atoms with Crippen LogP contribution in [0, 0.1) is 26.6 Å². The number of benzene rings is 1. The predicted molar refractivity (Wildman–Crippen MR) is 106 cm³/mol. The molecule has 148 valence electrons. The van der Waals surface area contributed by atoms with Gasteiger partial charge in [0, 0.05) is 5.56 Å². The summed E-state index contributed by atoms with van der Waals surface area (Å²) in [5, 5.41) is 7.49. The number of aryl methyl sites for hydroxylation is 3. The topological polar surface area (TPSA) is 81.2 Å². The van der Waals surface area contributed by atoms with Crippen molar-refractivity contribution in [2.75, 3.05) is 0 Å². The molecule has 29 heavy (non-hydrogen) atoms. The number of nitrogens with zero attached hydrogens (tertiary/aromatic N) is 2. The number of furan rings is 1. The van der Waals surface area contributed by atoms with Crippen LogP contribution in [0.2, 0.25) is 0 Å². The summed E-state index contributed by atoms with van der Waals surface area (Å²) in [4.78, 5) is 17.6. The maximum Gasteiger partial charge on any atom is 0.259 e. The molecule has 0 aliphatic carbocycles. The van der Waals surface area contributed by atoms with Crippen LogP contribution in [0.5, 0.6) is 0 Å². The molecule has 0 saturated carbocycles. The lowest BCUT2D eigenvalue weighted by atomic mass is 10.0. The lowest BCUT2D eigenvalue weighted by molar-refractivity contribution is 0.0941. The molecule has 0 saturated heterocycles. The molecule has 0 fully saturated rings. The van der Waals surface area contributed by atoms with Crippen LogP contribution < -0.4 is 5.32 Å². The van der Waals surface area contributed by atoms with Crippen molar-refractivity contribution in [3.8, 4) is 11.3 Å². The molecule has 1 amide bonds. The molecule has 1 aromatic carbocycles.